The molecule has 1 aliphatic carbocycles. The van der Waals surface area contributed by atoms with Crippen LogP contribution in [0.2, 0.25) is 0 Å². The smallest absolute Gasteiger partial charge is 0.264 e. The van der Waals surface area contributed by atoms with Gasteiger partial charge in [0.2, 0.25) is 0 Å². The molecule has 1 saturated carbocycles. The van der Waals surface area contributed by atoms with Crippen molar-refractivity contribution in [3.05, 3.63) is 28.2 Å². The molecule has 1 N–H and O–H groups in total. The molecule has 1 aliphatic heterocycles. The summed E-state index contributed by atoms with van der Waals surface area (Å²) >= 11 is 3.38. The first-order valence-corrected chi connectivity index (χ1v) is 7.21. The number of nitrogens with one attached hydrogen (secondary N) is 1. The van der Waals surface area contributed by atoms with Crippen LogP contribution in [0.3, 0.4) is 0 Å². The molecule has 0 atom stereocenters. The number of halogens is 1. The van der Waals surface area contributed by atoms with Gasteiger partial charge < -0.3 is 0 Å². The summed E-state index contributed by atoms with van der Waals surface area (Å²) in [5.41, 5.74) is 2.22. The van der Waals surface area contributed by atoms with E-state index in [4.69, 9.17) is 0 Å². The van der Waals surface area contributed by atoms with Crippen LogP contribution in [-0.2, 0) is 10.2 Å². The minimum Gasteiger partial charge on any atom is -0.264 e. The van der Waals surface area contributed by atoms with E-state index in [0.29, 0.717) is 17.3 Å². The van der Waals surface area contributed by atoms with Gasteiger partial charge >= 0.3 is 10.2 Å². The Morgan fingerprint density at radius 1 is 1.38 bits per heavy atom. The molecule has 0 amide bonds. The van der Waals surface area contributed by atoms with Crippen LogP contribution in [0.4, 0.5) is 5.69 Å². The summed E-state index contributed by atoms with van der Waals surface area (Å²) < 4.78 is 30.2. The van der Waals surface area contributed by atoms with E-state index in [-0.39, 0.29) is 0 Å². The summed E-state index contributed by atoms with van der Waals surface area (Å²) in [6.45, 7) is 0. The predicted octanol–water partition coefficient (Wildman–Crippen LogP) is 2.32. The Kier molecular flexibility index (Phi) is 2.12. The van der Waals surface area contributed by atoms with Gasteiger partial charge in [-0.2, -0.15) is 8.42 Å². The minimum absolute atomic E-state index is 0.310. The first-order valence-electron chi connectivity index (χ1n) is 4.98. The Hall–Kier alpha value is -0.880. The Morgan fingerprint density at radius 2 is 2.12 bits per heavy atom. The van der Waals surface area contributed by atoms with Crippen LogP contribution < -0.4 is 4.72 Å². The van der Waals surface area contributed by atoms with Gasteiger partial charge in [-0.3, -0.25) is 4.72 Å². The number of fused-ring (bicyclic) bond motifs is 1. The van der Waals surface area contributed by atoms with E-state index < -0.39 is 10.2 Å². The summed E-state index contributed by atoms with van der Waals surface area (Å²) in [4.78, 5) is 0. The number of rotatable bonds is 1. The standard InChI is InChI=1S/C10H9BrN2O2S/c11-7-3-4-9-8(5-7)10(6-1-2-6)13-16(14,15)12-9/h3-6,12H,1-2H2. The molecule has 16 heavy (non-hydrogen) atoms. The molecular weight excluding hydrogens is 292 g/mol. The average molecular weight is 301 g/mol. The van der Waals surface area contributed by atoms with Gasteiger partial charge in [0, 0.05) is 16.0 Å². The van der Waals surface area contributed by atoms with Crippen LogP contribution in [0, 0.1) is 5.92 Å². The molecule has 0 unspecified atom stereocenters. The highest BCUT2D eigenvalue weighted by Gasteiger charge is 2.34. The van der Waals surface area contributed by atoms with Crippen molar-refractivity contribution >= 4 is 37.5 Å². The highest BCUT2D eigenvalue weighted by Crippen LogP contribution is 2.38. The van der Waals surface area contributed by atoms with Gasteiger partial charge in [-0.25, -0.2) is 0 Å². The molecule has 4 nitrogen and oxygen atoms in total. The highest BCUT2D eigenvalue weighted by molar-refractivity contribution is 9.10. The zero-order valence-electron chi connectivity index (χ0n) is 8.27. The number of hydrogen-bond donors (Lipinski definition) is 1. The molecular formula is C10H9BrN2O2S. The molecule has 0 radical (unpaired) electrons. The number of benzene rings is 1. The second-order valence-electron chi connectivity index (χ2n) is 4.02. The van der Waals surface area contributed by atoms with Gasteiger partial charge in [-0.05, 0) is 31.0 Å². The van der Waals surface area contributed by atoms with E-state index in [1.54, 1.807) is 6.07 Å². The van der Waals surface area contributed by atoms with E-state index in [9.17, 15) is 8.42 Å². The second kappa shape index (κ2) is 3.30. The Labute approximate surface area is 102 Å². The molecule has 6 heteroatoms. The van der Waals surface area contributed by atoms with Crippen molar-refractivity contribution in [2.24, 2.45) is 10.3 Å². The van der Waals surface area contributed by atoms with Crippen LogP contribution in [0.5, 0.6) is 0 Å². The molecule has 2 aliphatic rings. The molecule has 1 fully saturated rings. The second-order valence-corrected chi connectivity index (χ2v) is 6.27. The number of anilines is 1. The van der Waals surface area contributed by atoms with Gasteiger partial charge in [-0.1, -0.05) is 15.9 Å². The molecule has 84 valence electrons. The quantitative estimate of drug-likeness (QED) is 0.865. The van der Waals surface area contributed by atoms with E-state index in [1.807, 2.05) is 12.1 Å². The van der Waals surface area contributed by atoms with Crippen molar-refractivity contribution in [3.8, 4) is 0 Å². The zero-order chi connectivity index (χ0) is 11.3. The molecule has 0 aromatic heterocycles. The van der Waals surface area contributed by atoms with E-state index in [1.165, 1.54) is 0 Å². The normalized spacial score (nSPS) is 21.9. The third-order valence-electron chi connectivity index (χ3n) is 2.68. The summed E-state index contributed by atoms with van der Waals surface area (Å²) in [5.74, 6) is 0.310. The Bertz CT molecular complexity index is 591. The lowest BCUT2D eigenvalue weighted by Gasteiger charge is -2.18. The maximum absolute atomic E-state index is 11.5. The SMILES string of the molecule is O=S1(=O)N=C(C2CC2)c2cc(Br)ccc2N1. The fourth-order valence-electron chi connectivity index (χ4n) is 1.81. The van der Waals surface area contributed by atoms with Gasteiger partial charge in [0.15, 0.2) is 0 Å². The topological polar surface area (TPSA) is 58.5 Å². The van der Waals surface area contributed by atoms with E-state index >= 15 is 0 Å². The predicted molar refractivity (Wildman–Crippen MR) is 65.9 cm³/mol. The van der Waals surface area contributed by atoms with E-state index in [0.717, 1.165) is 22.9 Å². The lowest BCUT2D eigenvalue weighted by molar-refractivity contribution is 0.602. The van der Waals surface area contributed by atoms with Crippen LogP contribution in [0.15, 0.2) is 27.1 Å². The monoisotopic (exact) mass is 300 g/mol. The molecule has 1 heterocycles. The third kappa shape index (κ3) is 1.76. The molecule has 0 spiro atoms. The zero-order valence-corrected chi connectivity index (χ0v) is 10.7. The Balaban J connectivity index is 2.22. The average Bonchev–Trinajstić information content (AvgIpc) is 3.00. The van der Waals surface area contributed by atoms with Crippen molar-refractivity contribution in [2.45, 2.75) is 12.8 Å². The van der Waals surface area contributed by atoms with Crippen molar-refractivity contribution in [1.82, 2.24) is 0 Å². The van der Waals surface area contributed by atoms with Crippen LogP contribution >= 0.6 is 15.9 Å². The summed E-state index contributed by atoms with van der Waals surface area (Å²) in [6.07, 6.45) is 2.06. The van der Waals surface area contributed by atoms with Crippen molar-refractivity contribution < 1.29 is 8.42 Å². The van der Waals surface area contributed by atoms with E-state index in [2.05, 4.69) is 25.0 Å². The van der Waals surface area contributed by atoms with Crippen molar-refractivity contribution in [3.63, 3.8) is 0 Å². The third-order valence-corrected chi connectivity index (χ3v) is 4.09. The maximum Gasteiger partial charge on any atom is 0.342 e. The van der Waals surface area contributed by atoms with Gasteiger partial charge in [0.05, 0.1) is 11.4 Å². The minimum atomic E-state index is -3.54. The first-order chi connectivity index (χ1) is 7.55. The van der Waals surface area contributed by atoms with Crippen molar-refractivity contribution in [2.75, 3.05) is 4.72 Å². The maximum atomic E-state index is 11.5. The van der Waals surface area contributed by atoms with Crippen LogP contribution in [-0.4, -0.2) is 14.1 Å². The Morgan fingerprint density at radius 3 is 2.81 bits per heavy atom. The molecule has 1 aromatic rings. The molecule has 0 bridgehead atoms. The van der Waals surface area contributed by atoms with Crippen LogP contribution in [0.25, 0.3) is 0 Å². The molecule has 0 saturated heterocycles. The fourth-order valence-corrected chi connectivity index (χ4v) is 3.18. The summed E-state index contributed by atoms with van der Waals surface area (Å²) in [7, 11) is -3.54. The summed E-state index contributed by atoms with van der Waals surface area (Å²) in [5, 5.41) is 0. The molecule has 3 rings (SSSR count). The summed E-state index contributed by atoms with van der Waals surface area (Å²) in [6, 6.07) is 5.49. The number of hydrogen-bond acceptors (Lipinski definition) is 2. The van der Waals surface area contributed by atoms with Gasteiger partial charge in [-0.15, -0.1) is 4.40 Å². The van der Waals surface area contributed by atoms with Gasteiger partial charge in [0.1, 0.15) is 0 Å². The van der Waals surface area contributed by atoms with Gasteiger partial charge in [0.25, 0.3) is 0 Å². The van der Waals surface area contributed by atoms with Crippen LogP contribution in [0.1, 0.15) is 18.4 Å². The highest BCUT2D eigenvalue weighted by atomic mass is 79.9. The lowest BCUT2D eigenvalue weighted by atomic mass is 10.0. The van der Waals surface area contributed by atoms with Crippen molar-refractivity contribution in [1.29, 1.82) is 0 Å². The molecule has 1 aromatic carbocycles. The lowest BCUT2D eigenvalue weighted by Crippen LogP contribution is -2.22. The largest absolute Gasteiger partial charge is 0.342 e. The number of nitrogens with zero attached hydrogens (tertiary/aromatic N) is 1. The first kappa shape index (κ1) is 10.3. The fraction of sp³-hybridized carbons (Fsp3) is 0.300.